The number of hydrogen-bond acceptors (Lipinski definition) is 7. The lowest BCUT2D eigenvalue weighted by Crippen LogP contribution is -2.34. The Kier molecular flexibility index (Phi) is 7.88. The summed E-state index contributed by atoms with van der Waals surface area (Å²) in [5.41, 5.74) is -1.43. The second-order valence-electron chi connectivity index (χ2n) is 10.4. The van der Waals surface area contributed by atoms with Gasteiger partial charge in [-0.25, -0.2) is 4.68 Å². The number of fused-ring (bicyclic) bond motifs is 1. The maximum absolute atomic E-state index is 13.3. The highest BCUT2D eigenvalue weighted by atomic mass is 19.4. The van der Waals surface area contributed by atoms with Crippen LogP contribution in [-0.4, -0.2) is 51.7 Å². The summed E-state index contributed by atoms with van der Waals surface area (Å²) >= 11 is 0. The van der Waals surface area contributed by atoms with E-state index in [-0.39, 0.29) is 29.7 Å². The number of nitrogens with zero attached hydrogens (tertiary/aromatic N) is 3. The van der Waals surface area contributed by atoms with E-state index in [2.05, 4.69) is 10.3 Å². The van der Waals surface area contributed by atoms with Crippen LogP contribution in [0, 0.1) is 23.7 Å². The summed E-state index contributed by atoms with van der Waals surface area (Å²) in [6, 6.07) is 9.22. The SMILES string of the molecule is O=C(O)[C@@H]1[C@@H](Cn2nnc3ccc(C(F)(F)F)cc3c2=O)CC[C@H]1C(=O)c1ccc(OCC2CCOCC2)cc1. The molecule has 212 valence electrons. The third-order valence-electron chi connectivity index (χ3n) is 7.83. The summed E-state index contributed by atoms with van der Waals surface area (Å²) < 4.78 is 51.6. The van der Waals surface area contributed by atoms with Crippen LogP contribution in [0.2, 0.25) is 0 Å². The lowest BCUT2D eigenvalue weighted by molar-refractivity contribution is -0.144. The molecule has 5 rings (SSSR count). The van der Waals surface area contributed by atoms with E-state index in [4.69, 9.17) is 9.47 Å². The van der Waals surface area contributed by atoms with Gasteiger partial charge in [-0.1, -0.05) is 5.21 Å². The second kappa shape index (κ2) is 11.4. The Balaban J connectivity index is 1.29. The van der Waals surface area contributed by atoms with Crippen LogP contribution in [0.5, 0.6) is 5.75 Å². The fourth-order valence-electron chi connectivity index (χ4n) is 5.60. The van der Waals surface area contributed by atoms with Crippen molar-refractivity contribution in [2.45, 2.75) is 38.4 Å². The van der Waals surface area contributed by atoms with Gasteiger partial charge in [-0.05, 0) is 80.0 Å². The quantitative estimate of drug-likeness (QED) is 0.407. The molecule has 1 aliphatic heterocycles. The number of aromatic nitrogens is 3. The van der Waals surface area contributed by atoms with E-state index >= 15 is 0 Å². The highest BCUT2D eigenvalue weighted by Crippen LogP contribution is 2.40. The number of carboxylic acid groups (broad SMARTS) is 1. The molecule has 0 radical (unpaired) electrons. The summed E-state index contributed by atoms with van der Waals surface area (Å²) in [5, 5.41) is 17.4. The monoisotopic (exact) mass is 559 g/mol. The minimum absolute atomic E-state index is 0.00342. The van der Waals surface area contributed by atoms with Crippen LogP contribution in [-0.2, 0) is 22.3 Å². The van der Waals surface area contributed by atoms with Gasteiger partial charge < -0.3 is 14.6 Å². The minimum Gasteiger partial charge on any atom is -0.493 e. The second-order valence-corrected chi connectivity index (χ2v) is 10.4. The number of ether oxygens (including phenoxy) is 2. The number of benzene rings is 2. The summed E-state index contributed by atoms with van der Waals surface area (Å²) in [6.07, 6.45) is -2.16. The van der Waals surface area contributed by atoms with Crippen LogP contribution in [0.25, 0.3) is 10.9 Å². The first-order valence-corrected chi connectivity index (χ1v) is 13.1. The third kappa shape index (κ3) is 5.86. The highest BCUT2D eigenvalue weighted by Gasteiger charge is 2.45. The summed E-state index contributed by atoms with van der Waals surface area (Å²) in [7, 11) is 0. The molecule has 2 heterocycles. The molecule has 0 spiro atoms. The molecule has 3 aromatic rings. The zero-order valence-corrected chi connectivity index (χ0v) is 21.5. The van der Waals surface area contributed by atoms with Gasteiger partial charge in [-0.15, -0.1) is 5.10 Å². The summed E-state index contributed by atoms with van der Waals surface area (Å²) in [5.74, 6) is -3.03. The fourth-order valence-corrected chi connectivity index (χ4v) is 5.60. The average Bonchev–Trinajstić information content (AvgIpc) is 3.37. The van der Waals surface area contributed by atoms with Crippen molar-refractivity contribution in [1.82, 2.24) is 15.0 Å². The lowest BCUT2D eigenvalue weighted by atomic mass is 9.84. The molecule has 40 heavy (non-hydrogen) atoms. The predicted octanol–water partition coefficient (Wildman–Crippen LogP) is 4.23. The first-order chi connectivity index (χ1) is 19.1. The largest absolute Gasteiger partial charge is 0.493 e. The Bertz CT molecular complexity index is 1450. The molecule has 0 unspecified atom stereocenters. The molecule has 1 saturated carbocycles. The van der Waals surface area contributed by atoms with Gasteiger partial charge in [0.1, 0.15) is 11.3 Å². The molecule has 2 aliphatic rings. The number of hydrogen-bond donors (Lipinski definition) is 1. The number of alkyl halides is 3. The van der Waals surface area contributed by atoms with Gasteiger partial charge in [0.15, 0.2) is 5.78 Å². The normalized spacial score (nSPS) is 21.9. The van der Waals surface area contributed by atoms with Gasteiger partial charge in [0.25, 0.3) is 5.56 Å². The Labute approximate surface area is 226 Å². The zero-order valence-electron chi connectivity index (χ0n) is 21.5. The Morgan fingerprint density at radius 2 is 1.77 bits per heavy atom. The van der Waals surface area contributed by atoms with Crippen LogP contribution >= 0.6 is 0 Å². The van der Waals surface area contributed by atoms with Gasteiger partial charge >= 0.3 is 12.1 Å². The predicted molar refractivity (Wildman–Crippen MR) is 136 cm³/mol. The number of carbonyl (C=O) groups is 2. The van der Waals surface area contributed by atoms with E-state index in [0.717, 1.165) is 48.9 Å². The van der Waals surface area contributed by atoms with E-state index in [0.29, 0.717) is 30.3 Å². The number of Topliss-reactive ketones (excluding diaryl/α,β-unsaturated/α-hetero) is 1. The van der Waals surface area contributed by atoms with E-state index in [9.17, 15) is 32.7 Å². The van der Waals surface area contributed by atoms with Crippen molar-refractivity contribution in [3.63, 3.8) is 0 Å². The van der Waals surface area contributed by atoms with Crippen LogP contribution in [0.4, 0.5) is 13.2 Å². The first-order valence-electron chi connectivity index (χ1n) is 13.1. The van der Waals surface area contributed by atoms with Crippen molar-refractivity contribution in [3.05, 3.63) is 63.9 Å². The van der Waals surface area contributed by atoms with E-state index in [1.54, 1.807) is 24.3 Å². The van der Waals surface area contributed by atoms with Crippen molar-refractivity contribution in [1.29, 1.82) is 0 Å². The molecular formula is C28H28F3N3O6. The van der Waals surface area contributed by atoms with Crippen LogP contribution < -0.4 is 10.3 Å². The van der Waals surface area contributed by atoms with E-state index in [1.165, 1.54) is 0 Å². The molecule has 3 atom stereocenters. The third-order valence-corrected chi connectivity index (χ3v) is 7.83. The Morgan fingerprint density at radius 1 is 1.05 bits per heavy atom. The van der Waals surface area contributed by atoms with Crippen LogP contribution in [0.3, 0.4) is 0 Å². The van der Waals surface area contributed by atoms with Crippen molar-refractivity contribution in [3.8, 4) is 5.75 Å². The molecule has 2 aromatic carbocycles. The van der Waals surface area contributed by atoms with Crippen molar-refractivity contribution in [2.75, 3.05) is 19.8 Å². The highest BCUT2D eigenvalue weighted by molar-refractivity contribution is 6.00. The number of carbonyl (C=O) groups excluding carboxylic acids is 1. The topological polar surface area (TPSA) is 121 Å². The zero-order chi connectivity index (χ0) is 28.4. The molecule has 12 heteroatoms. The summed E-state index contributed by atoms with van der Waals surface area (Å²) in [6.45, 7) is 1.81. The van der Waals surface area contributed by atoms with Gasteiger partial charge in [0.05, 0.1) is 30.0 Å². The molecule has 1 aliphatic carbocycles. The first kappa shape index (κ1) is 27.8. The molecule has 2 fully saturated rings. The lowest BCUT2D eigenvalue weighted by Gasteiger charge is -2.22. The fraction of sp³-hybridized carbons (Fsp3) is 0.464. The Hall–Kier alpha value is -3.80. The van der Waals surface area contributed by atoms with E-state index < -0.39 is 41.0 Å². The number of aliphatic carboxylic acids is 1. The molecule has 9 nitrogen and oxygen atoms in total. The van der Waals surface area contributed by atoms with E-state index in [1.807, 2.05) is 0 Å². The molecule has 0 bridgehead atoms. The van der Waals surface area contributed by atoms with Crippen molar-refractivity contribution < 1.29 is 37.3 Å². The van der Waals surface area contributed by atoms with Crippen molar-refractivity contribution >= 4 is 22.7 Å². The van der Waals surface area contributed by atoms with Crippen LogP contribution in [0.1, 0.15) is 41.6 Å². The molecule has 1 aromatic heterocycles. The molecular weight excluding hydrogens is 531 g/mol. The standard InChI is InChI=1S/C28H28F3N3O6/c29-28(30,31)19-4-8-23-22(13-19)26(36)34(33-32-23)14-18-3-7-21(24(18)27(37)38)25(35)17-1-5-20(6-2-17)40-15-16-9-11-39-12-10-16/h1-2,4-6,8,13,16,18,21,24H,3,7,9-12,14-15H2,(H,37,38)/t18-,21-,24-/m1/s1. The van der Waals surface area contributed by atoms with Gasteiger partial charge in [0, 0.05) is 24.7 Å². The maximum atomic E-state index is 13.3. The van der Waals surface area contributed by atoms with Gasteiger partial charge in [-0.3, -0.25) is 14.4 Å². The number of rotatable bonds is 8. The van der Waals surface area contributed by atoms with Crippen molar-refractivity contribution in [2.24, 2.45) is 23.7 Å². The number of halogens is 3. The molecule has 0 amide bonds. The number of carboxylic acids is 1. The molecule has 1 N–H and O–H groups in total. The molecule has 1 saturated heterocycles. The summed E-state index contributed by atoms with van der Waals surface area (Å²) in [4.78, 5) is 38.5. The smallest absolute Gasteiger partial charge is 0.416 e. The van der Waals surface area contributed by atoms with Gasteiger partial charge in [0.2, 0.25) is 0 Å². The Morgan fingerprint density at radius 3 is 2.45 bits per heavy atom. The van der Waals surface area contributed by atoms with Crippen LogP contribution in [0.15, 0.2) is 47.3 Å². The maximum Gasteiger partial charge on any atom is 0.416 e. The average molecular weight is 560 g/mol. The van der Waals surface area contributed by atoms with Gasteiger partial charge in [-0.2, -0.15) is 13.2 Å². The number of ketones is 1. The minimum atomic E-state index is -4.64.